The number of sulfonamides is 1. The number of primary amides is 1. The van der Waals surface area contributed by atoms with Crippen LogP contribution in [0.15, 0.2) is 29.2 Å². The van der Waals surface area contributed by atoms with E-state index in [1.165, 1.54) is 12.1 Å². The van der Waals surface area contributed by atoms with Gasteiger partial charge >= 0.3 is 0 Å². The SMILES string of the molecule is NC(=O)C1CCN(C2CN(C(=O)CCNS(=O)(=O)c3cccc(Cl)c3)C2)CC1. The Balaban J connectivity index is 1.38. The number of hydrogen-bond donors (Lipinski definition) is 2. The molecule has 0 aliphatic carbocycles. The maximum Gasteiger partial charge on any atom is 0.240 e. The van der Waals surface area contributed by atoms with Crippen LogP contribution in [0, 0.1) is 5.92 Å². The molecule has 10 heteroatoms. The Morgan fingerprint density at radius 3 is 2.50 bits per heavy atom. The molecule has 0 radical (unpaired) electrons. The summed E-state index contributed by atoms with van der Waals surface area (Å²) in [6, 6.07) is 6.29. The Kier molecular flexibility index (Phi) is 6.59. The van der Waals surface area contributed by atoms with Crippen molar-refractivity contribution in [3.05, 3.63) is 29.3 Å². The molecule has 2 fully saturated rings. The summed E-state index contributed by atoms with van der Waals surface area (Å²) in [5.41, 5.74) is 5.35. The molecule has 0 saturated carbocycles. The average molecular weight is 429 g/mol. The minimum atomic E-state index is -3.68. The number of nitrogens with two attached hydrogens (primary N) is 1. The Bertz CT molecular complexity index is 834. The van der Waals surface area contributed by atoms with Crippen molar-refractivity contribution < 1.29 is 18.0 Å². The fourth-order valence-electron chi connectivity index (χ4n) is 3.61. The van der Waals surface area contributed by atoms with Crippen LogP contribution in [-0.4, -0.2) is 68.8 Å². The van der Waals surface area contributed by atoms with E-state index in [2.05, 4.69) is 9.62 Å². The highest BCUT2D eigenvalue weighted by Gasteiger charge is 2.36. The zero-order valence-corrected chi connectivity index (χ0v) is 17.1. The van der Waals surface area contributed by atoms with E-state index in [1.807, 2.05) is 0 Å². The van der Waals surface area contributed by atoms with Crippen LogP contribution >= 0.6 is 11.6 Å². The van der Waals surface area contributed by atoms with Crippen molar-refractivity contribution in [1.82, 2.24) is 14.5 Å². The first-order valence-corrected chi connectivity index (χ1v) is 11.2. The van der Waals surface area contributed by atoms with Gasteiger partial charge in [-0.1, -0.05) is 17.7 Å². The number of carbonyl (C=O) groups is 2. The predicted molar refractivity (Wildman–Crippen MR) is 105 cm³/mol. The van der Waals surface area contributed by atoms with Crippen LogP contribution in [0.25, 0.3) is 0 Å². The van der Waals surface area contributed by atoms with Gasteiger partial charge in [0.05, 0.1) is 4.90 Å². The van der Waals surface area contributed by atoms with Gasteiger partial charge in [-0.3, -0.25) is 14.5 Å². The van der Waals surface area contributed by atoms with E-state index in [9.17, 15) is 18.0 Å². The Morgan fingerprint density at radius 1 is 1.21 bits per heavy atom. The van der Waals surface area contributed by atoms with Crippen molar-refractivity contribution >= 4 is 33.4 Å². The van der Waals surface area contributed by atoms with E-state index in [1.54, 1.807) is 17.0 Å². The van der Waals surface area contributed by atoms with Crippen molar-refractivity contribution in [3.63, 3.8) is 0 Å². The predicted octanol–water partition coefficient (Wildman–Crippen LogP) is 0.417. The van der Waals surface area contributed by atoms with Crippen LogP contribution in [0.4, 0.5) is 0 Å². The smallest absolute Gasteiger partial charge is 0.240 e. The monoisotopic (exact) mass is 428 g/mol. The van der Waals surface area contributed by atoms with E-state index in [0.717, 1.165) is 25.9 Å². The zero-order valence-electron chi connectivity index (χ0n) is 15.5. The van der Waals surface area contributed by atoms with Crippen LogP contribution in [-0.2, 0) is 19.6 Å². The highest BCUT2D eigenvalue weighted by Crippen LogP contribution is 2.23. The largest absolute Gasteiger partial charge is 0.369 e. The van der Waals surface area contributed by atoms with E-state index in [4.69, 9.17) is 17.3 Å². The molecular formula is C18H25ClN4O4S. The second kappa shape index (κ2) is 8.77. The number of nitrogens with zero attached hydrogens (tertiary/aromatic N) is 2. The summed E-state index contributed by atoms with van der Waals surface area (Å²) in [5.74, 6) is -0.344. The van der Waals surface area contributed by atoms with E-state index < -0.39 is 10.0 Å². The van der Waals surface area contributed by atoms with Gasteiger partial charge in [0.25, 0.3) is 0 Å². The van der Waals surface area contributed by atoms with Crippen LogP contribution in [0.2, 0.25) is 5.02 Å². The number of rotatable bonds is 7. The molecule has 0 aromatic heterocycles. The quantitative estimate of drug-likeness (QED) is 0.653. The molecule has 1 aromatic rings. The lowest BCUT2D eigenvalue weighted by Gasteiger charge is -2.47. The maximum absolute atomic E-state index is 12.3. The fraction of sp³-hybridized carbons (Fsp3) is 0.556. The van der Waals surface area contributed by atoms with Crippen molar-refractivity contribution in [2.45, 2.75) is 30.2 Å². The summed E-state index contributed by atoms with van der Waals surface area (Å²) < 4.78 is 26.9. The third-order valence-electron chi connectivity index (χ3n) is 5.40. The number of benzene rings is 1. The molecule has 0 unspecified atom stereocenters. The van der Waals surface area contributed by atoms with Gasteiger partial charge in [0.2, 0.25) is 21.8 Å². The molecule has 1 aromatic carbocycles. The van der Waals surface area contributed by atoms with Crippen molar-refractivity contribution in [3.8, 4) is 0 Å². The van der Waals surface area contributed by atoms with Crippen molar-refractivity contribution in [1.29, 1.82) is 0 Å². The van der Waals surface area contributed by atoms with Crippen LogP contribution < -0.4 is 10.5 Å². The molecule has 0 atom stereocenters. The molecule has 2 amide bonds. The Labute approximate surface area is 170 Å². The minimum absolute atomic E-state index is 0.0402. The fourth-order valence-corrected chi connectivity index (χ4v) is 4.94. The Morgan fingerprint density at radius 2 is 1.89 bits per heavy atom. The number of hydrogen-bond acceptors (Lipinski definition) is 5. The van der Waals surface area contributed by atoms with Gasteiger partial charge < -0.3 is 10.6 Å². The summed E-state index contributed by atoms with van der Waals surface area (Å²) in [6.45, 7) is 2.96. The molecule has 3 N–H and O–H groups in total. The molecule has 28 heavy (non-hydrogen) atoms. The van der Waals surface area contributed by atoms with Gasteiger partial charge in [-0.25, -0.2) is 13.1 Å². The number of likely N-dealkylation sites (tertiary alicyclic amines) is 2. The molecule has 3 rings (SSSR count). The number of carbonyl (C=O) groups excluding carboxylic acids is 2. The third kappa shape index (κ3) is 5.02. The summed E-state index contributed by atoms with van der Waals surface area (Å²) in [6.07, 6.45) is 1.65. The van der Waals surface area contributed by atoms with Gasteiger partial charge in [0.15, 0.2) is 0 Å². The van der Waals surface area contributed by atoms with Gasteiger partial charge in [-0.2, -0.15) is 0 Å². The minimum Gasteiger partial charge on any atom is -0.369 e. The molecule has 154 valence electrons. The standard InChI is InChI=1S/C18H25ClN4O4S/c19-14-2-1-3-16(10-14)28(26,27)21-7-4-17(24)23-11-15(12-23)22-8-5-13(6-9-22)18(20)25/h1-3,10,13,15,21H,4-9,11-12H2,(H2,20,25). The molecule has 2 aliphatic heterocycles. The maximum atomic E-state index is 12.3. The highest BCUT2D eigenvalue weighted by atomic mass is 35.5. The van der Waals surface area contributed by atoms with E-state index in [-0.39, 0.29) is 35.6 Å². The number of amides is 2. The average Bonchev–Trinajstić information content (AvgIpc) is 2.61. The van der Waals surface area contributed by atoms with E-state index >= 15 is 0 Å². The van der Waals surface area contributed by atoms with Crippen molar-refractivity contribution in [2.24, 2.45) is 11.7 Å². The first-order chi connectivity index (χ1) is 13.3. The van der Waals surface area contributed by atoms with Gasteiger partial charge in [0, 0.05) is 43.0 Å². The number of halogens is 1. The second-order valence-corrected chi connectivity index (χ2v) is 9.47. The third-order valence-corrected chi connectivity index (χ3v) is 7.09. The zero-order chi connectivity index (χ0) is 20.3. The Hall–Kier alpha value is -1.68. The summed E-state index contributed by atoms with van der Waals surface area (Å²) in [4.78, 5) is 27.6. The summed E-state index contributed by atoms with van der Waals surface area (Å²) in [7, 11) is -3.68. The highest BCUT2D eigenvalue weighted by molar-refractivity contribution is 7.89. The van der Waals surface area contributed by atoms with Gasteiger partial charge in [-0.15, -0.1) is 0 Å². The molecule has 8 nitrogen and oxygen atoms in total. The number of piperidine rings is 1. The normalized spacial score (nSPS) is 19.4. The molecule has 2 aliphatic rings. The molecule has 0 bridgehead atoms. The second-order valence-electron chi connectivity index (χ2n) is 7.27. The molecular weight excluding hydrogens is 404 g/mol. The lowest BCUT2D eigenvalue weighted by molar-refractivity contribution is -0.139. The van der Waals surface area contributed by atoms with Gasteiger partial charge in [0.1, 0.15) is 0 Å². The first kappa shape index (κ1) is 21.0. The van der Waals surface area contributed by atoms with Gasteiger partial charge in [-0.05, 0) is 44.1 Å². The topological polar surface area (TPSA) is 113 Å². The van der Waals surface area contributed by atoms with E-state index in [0.29, 0.717) is 24.2 Å². The summed E-state index contributed by atoms with van der Waals surface area (Å²) in [5, 5.41) is 0.338. The van der Waals surface area contributed by atoms with Crippen molar-refractivity contribution in [2.75, 3.05) is 32.7 Å². The lowest BCUT2D eigenvalue weighted by atomic mass is 9.93. The van der Waals surface area contributed by atoms with Crippen LogP contribution in [0.5, 0.6) is 0 Å². The lowest BCUT2D eigenvalue weighted by Crippen LogP contribution is -2.62. The first-order valence-electron chi connectivity index (χ1n) is 9.32. The molecule has 2 saturated heterocycles. The number of nitrogens with one attached hydrogen (secondary N) is 1. The molecule has 2 heterocycles. The van der Waals surface area contributed by atoms with Crippen LogP contribution in [0.3, 0.4) is 0 Å². The van der Waals surface area contributed by atoms with Crippen LogP contribution in [0.1, 0.15) is 19.3 Å². The molecule has 0 spiro atoms. The summed E-state index contributed by atoms with van der Waals surface area (Å²) >= 11 is 5.82.